The van der Waals surface area contributed by atoms with Gasteiger partial charge in [-0.25, -0.2) is 9.37 Å². The second kappa shape index (κ2) is 9.87. The van der Waals surface area contributed by atoms with Crippen molar-refractivity contribution in [2.45, 2.75) is 33.4 Å². The molecule has 0 aliphatic heterocycles. The van der Waals surface area contributed by atoms with Crippen LogP contribution in [0, 0.1) is 19.7 Å². The third kappa shape index (κ3) is 5.91. The fraction of sp³-hybridized carbons (Fsp3) is 0.304. The highest BCUT2D eigenvalue weighted by molar-refractivity contribution is 5.79. The van der Waals surface area contributed by atoms with Crippen LogP contribution >= 0.6 is 0 Å². The van der Waals surface area contributed by atoms with Gasteiger partial charge >= 0.3 is 0 Å². The highest BCUT2D eigenvalue weighted by atomic mass is 19.1. The average Bonchev–Trinajstić information content (AvgIpc) is 3.11. The number of aliphatic imine (C=N–C) groups is 1. The lowest BCUT2D eigenvalue weighted by Gasteiger charge is -2.13. The lowest BCUT2D eigenvalue weighted by atomic mass is 10.1. The van der Waals surface area contributed by atoms with Crippen LogP contribution in [-0.4, -0.2) is 29.1 Å². The van der Waals surface area contributed by atoms with Crippen molar-refractivity contribution in [3.05, 3.63) is 88.8 Å². The van der Waals surface area contributed by atoms with E-state index < -0.39 is 0 Å². The van der Waals surface area contributed by atoms with Crippen molar-refractivity contribution < 1.29 is 4.39 Å². The Morgan fingerprint density at radius 1 is 1.10 bits per heavy atom. The minimum absolute atomic E-state index is 0.192. The van der Waals surface area contributed by atoms with Crippen LogP contribution in [0.4, 0.5) is 4.39 Å². The summed E-state index contributed by atoms with van der Waals surface area (Å²) < 4.78 is 15.3. The van der Waals surface area contributed by atoms with Crippen LogP contribution in [0.1, 0.15) is 28.1 Å². The molecule has 3 rings (SSSR count). The molecule has 29 heavy (non-hydrogen) atoms. The van der Waals surface area contributed by atoms with E-state index in [0.29, 0.717) is 6.54 Å². The summed E-state index contributed by atoms with van der Waals surface area (Å²) in [6, 6.07) is 13.4. The van der Waals surface area contributed by atoms with Crippen molar-refractivity contribution in [1.29, 1.82) is 0 Å². The molecule has 152 valence electrons. The second-order valence-electron chi connectivity index (χ2n) is 7.10. The summed E-state index contributed by atoms with van der Waals surface area (Å²) in [5, 5.41) is 6.67. The van der Waals surface area contributed by atoms with E-state index in [9.17, 15) is 4.39 Å². The molecular weight excluding hydrogens is 365 g/mol. The maximum Gasteiger partial charge on any atom is 0.191 e. The SMILES string of the molecule is CN=C(NCCc1ccc(F)cc1C)NCc1cccc(Cn2ccnc2C)c1. The van der Waals surface area contributed by atoms with Gasteiger partial charge < -0.3 is 15.2 Å². The van der Waals surface area contributed by atoms with Gasteiger partial charge in [-0.2, -0.15) is 0 Å². The van der Waals surface area contributed by atoms with Crippen LogP contribution in [0.3, 0.4) is 0 Å². The molecule has 3 aromatic rings. The van der Waals surface area contributed by atoms with Crippen LogP contribution in [0.2, 0.25) is 0 Å². The van der Waals surface area contributed by atoms with Crippen LogP contribution in [0.25, 0.3) is 0 Å². The smallest absolute Gasteiger partial charge is 0.191 e. The average molecular weight is 394 g/mol. The number of halogens is 1. The zero-order valence-corrected chi connectivity index (χ0v) is 17.2. The number of aromatic nitrogens is 2. The number of benzene rings is 2. The van der Waals surface area contributed by atoms with E-state index in [-0.39, 0.29) is 5.82 Å². The molecule has 0 aliphatic rings. The zero-order chi connectivity index (χ0) is 20.6. The minimum Gasteiger partial charge on any atom is -0.356 e. The number of rotatable bonds is 7. The number of guanidine groups is 1. The van der Waals surface area contributed by atoms with Crippen molar-refractivity contribution >= 4 is 5.96 Å². The molecule has 0 radical (unpaired) electrons. The van der Waals surface area contributed by atoms with E-state index in [1.54, 1.807) is 13.1 Å². The molecule has 0 aliphatic carbocycles. The minimum atomic E-state index is -0.192. The van der Waals surface area contributed by atoms with Gasteiger partial charge in [-0.1, -0.05) is 30.3 Å². The molecule has 0 saturated carbocycles. The first-order chi connectivity index (χ1) is 14.0. The maximum absolute atomic E-state index is 13.2. The first-order valence-corrected chi connectivity index (χ1v) is 9.80. The molecule has 2 aromatic carbocycles. The van der Waals surface area contributed by atoms with Gasteiger partial charge in [0.25, 0.3) is 0 Å². The first kappa shape index (κ1) is 20.6. The standard InChI is InChI=1S/C23H28FN5/c1-17-13-22(24)8-7-21(17)9-10-27-23(25-3)28-15-19-5-4-6-20(14-19)16-29-12-11-26-18(29)2/h4-8,11-14H,9-10,15-16H2,1-3H3,(H2,25,27,28). The lowest BCUT2D eigenvalue weighted by molar-refractivity contribution is 0.625. The Morgan fingerprint density at radius 3 is 2.66 bits per heavy atom. The van der Waals surface area contributed by atoms with E-state index >= 15 is 0 Å². The molecule has 0 spiro atoms. The van der Waals surface area contributed by atoms with Crippen molar-refractivity contribution in [3.8, 4) is 0 Å². The second-order valence-corrected chi connectivity index (χ2v) is 7.10. The summed E-state index contributed by atoms with van der Waals surface area (Å²) in [5.41, 5.74) is 4.54. The highest BCUT2D eigenvalue weighted by Crippen LogP contribution is 2.11. The molecule has 0 fully saturated rings. The summed E-state index contributed by atoms with van der Waals surface area (Å²) in [6.45, 7) is 6.17. The number of nitrogens with zero attached hydrogens (tertiary/aromatic N) is 3. The molecule has 0 amide bonds. The Balaban J connectivity index is 1.50. The topological polar surface area (TPSA) is 54.2 Å². The Kier molecular flexibility index (Phi) is 7.00. The molecule has 0 saturated heterocycles. The molecule has 0 bridgehead atoms. The predicted molar refractivity (Wildman–Crippen MR) is 116 cm³/mol. The van der Waals surface area contributed by atoms with Gasteiger partial charge in [0.2, 0.25) is 0 Å². The van der Waals surface area contributed by atoms with E-state index in [1.807, 2.05) is 32.3 Å². The molecule has 1 heterocycles. The van der Waals surface area contributed by atoms with Gasteiger partial charge in [0.15, 0.2) is 5.96 Å². The first-order valence-electron chi connectivity index (χ1n) is 9.80. The number of aryl methyl sites for hydroxylation is 2. The van der Waals surface area contributed by atoms with Crippen LogP contribution in [0.15, 0.2) is 59.9 Å². The van der Waals surface area contributed by atoms with Crippen molar-refractivity contribution in [2.24, 2.45) is 4.99 Å². The Hall–Kier alpha value is -3.15. The number of imidazole rings is 1. The summed E-state index contributed by atoms with van der Waals surface area (Å²) >= 11 is 0. The fourth-order valence-corrected chi connectivity index (χ4v) is 3.27. The van der Waals surface area contributed by atoms with Crippen molar-refractivity contribution in [2.75, 3.05) is 13.6 Å². The lowest BCUT2D eigenvalue weighted by Crippen LogP contribution is -2.37. The summed E-state index contributed by atoms with van der Waals surface area (Å²) in [4.78, 5) is 8.56. The zero-order valence-electron chi connectivity index (χ0n) is 17.2. The van der Waals surface area contributed by atoms with Crippen LogP contribution < -0.4 is 10.6 Å². The largest absolute Gasteiger partial charge is 0.356 e. The Morgan fingerprint density at radius 2 is 1.93 bits per heavy atom. The third-order valence-electron chi connectivity index (χ3n) is 4.94. The van der Waals surface area contributed by atoms with Crippen LogP contribution in [-0.2, 0) is 19.5 Å². The predicted octanol–water partition coefficient (Wildman–Crippen LogP) is 3.60. The van der Waals surface area contributed by atoms with E-state index in [2.05, 4.69) is 49.4 Å². The maximum atomic E-state index is 13.2. The highest BCUT2D eigenvalue weighted by Gasteiger charge is 2.04. The third-order valence-corrected chi connectivity index (χ3v) is 4.94. The molecule has 5 nitrogen and oxygen atoms in total. The van der Waals surface area contributed by atoms with Gasteiger partial charge in [-0.3, -0.25) is 4.99 Å². The molecular formula is C23H28FN5. The Bertz CT molecular complexity index is 977. The molecule has 1 aromatic heterocycles. The normalized spacial score (nSPS) is 11.5. The number of nitrogens with one attached hydrogen (secondary N) is 2. The van der Waals surface area contributed by atoms with Gasteiger partial charge in [0.1, 0.15) is 11.6 Å². The quantitative estimate of drug-likeness (QED) is 0.476. The summed E-state index contributed by atoms with van der Waals surface area (Å²) in [7, 11) is 1.76. The van der Waals surface area contributed by atoms with Crippen molar-refractivity contribution in [1.82, 2.24) is 20.2 Å². The van der Waals surface area contributed by atoms with E-state index in [0.717, 1.165) is 42.4 Å². The molecule has 2 N–H and O–H groups in total. The van der Waals surface area contributed by atoms with Gasteiger partial charge in [0.05, 0.1) is 0 Å². The van der Waals surface area contributed by atoms with E-state index in [4.69, 9.17) is 0 Å². The molecule has 0 unspecified atom stereocenters. The van der Waals surface area contributed by atoms with Crippen molar-refractivity contribution in [3.63, 3.8) is 0 Å². The monoisotopic (exact) mass is 393 g/mol. The van der Waals surface area contributed by atoms with Gasteiger partial charge in [-0.05, 0) is 54.7 Å². The summed E-state index contributed by atoms with van der Waals surface area (Å²) in [5.74, 6) is 1.57. The molecule has 6 heteroatoms. The van der Waals surface area contributed by atoms with Gasteiger partial charge in [-0.15, -0.1) is 0 Å². The Labute approximate surface area is 171 Å². The fourth-order valence-electron chi connectivity index (χ4n) is 3.27. The number of hydrogen-bond donors (Lipinski definition) is 2. The van der Waals surface area contributed by atoms with Crippen LogP contribution in [0.5, 0.6) is 0 Å². The van der Waals surface area contributed by atoms with Gasteiger partial charge in [0, 0.05) is 39.1 Å². The molecule has 0 atom stereocenters. The number of hydrogen-bond acceptors (Lipinski definition) is 2. The summed E-state index contributed by atoms with van der Waals surface area (Å²) in [6.07, 6.45) is 4.63. The van der Waals surface area contributed by atoms with E-state index in [1.165, 1.54) is 17.2 Å².